The highest BCUT2D eigenvalue weighted by Gasteiger charge is 2.20. The molecule has 0 bridgehead atoms. The van der Waals surface area contributed by atoms with Crippen LogP contribution in [0.3, 0.4) is 0 Å². The molecule has 0 aliphatic carbocycles. The average Bonchev–Trinajstić information content (AvgIpc) is 2.21. The van der Waals surface area contributed by atoms with Crippen LogP contribution in [0, 0.1) is 5.82 Å². The average molecular weight is 276 g/mol. The minimum absolute atomic E-state index is 0.0195. The predicted molar refractivity (Wildman–Crippen MR) is 58.3 cm³/mol. The molecule has 0 heterocycles. The van der Waals surface area contributed by atoms with Crippen LogP contribution in [0.5, 0.6) is 0 Å². The van der Waals surface area contributed by atoms with E-state index >= 15 is 0 Å². The number of Topliss-reactive ketones (excluding diaryl/α,β-unsaturated/α-hetero) is 1. The summed E-state index contributed by atoms with van der Waals surface area (Å²) in [5.74, 6) is -1.05. The van der Waals surface area contributed by atoms with Crippen LogP contribution in [0.2, 0.25) is 0 Å². The van der Waals surface area contributed by atoms with Crippen molar-refractivity contribution in [2.45, 2.75) is 6.04 Å². The number of nitrogens with two attached hydrogens (primary N) is 1. The van der Waals surface area contributed by atoms with Crippen molar-refractivity contribution >= 4 is 21.7 Å². The summed E-state index contributed by atoms with van der Waals surface area (Å²) in [6.07, 6.45) is 0. The maximum absolute atomic E-state index is 13.5. The van der Waals surface area contributed by atoms with Gasteiger partial charge in [0, 0.05) is 7.11 Å². The maximum atomic E-state index is 13.5. The summed E-state index contributed by atoms with van der Waals surface area (Å²) >= 11 is 3.00. The van der Waals surface area contributed by atoms with Crippen molar-refractivity contribution in [2.24, 2.45) is 5.73 Å². The van der Waals surface area contributed by atoms with E-state index in [1.165, 1.54) is 19.2 Å². The Morgan fingerprint density at radius 2 is 2.33 bits per heavy atom. The van der Waals surface area contributed by atoms with Crippen molar-refractivity contribution in [1.29, 1.82) is 0 Å². The van der Waals surface area contributed by atoms with Crippen molar-refractivity contribution < 1.29 is 13.9 Å². The number of benzene rings is 1. The molecule has 0 aliphatic heterocycles. The van der Waals surface area contributed by atoms with Gasteiger partial charge in [0.1, 0.15) is 5.82 Å². The summed E-state index contributed by atoms with van der Waals surface area (Å²) in [5, 5.41) is 0. The fourth-order valence-corrected chi connectivity index (χ4v) is 1.52. The molecule has 0 aromatic heterocycles. The monoisotopic (exact) mass is 275 g/mol. The van der Waals surface area contributed by atoms with E-state index < -0.39 is 17.6 Å². The SMILES string of the molecule is COCC(N)C(=O)c1cccc(Br)c1F. The Morgan fingerprint density at radius 3 is 2.93 bits per heavy atom. The minimum Gasteiger partial charge on any atom is -0.383 e. The molecule has 1 rings (SSSR count). The first-order valence-corrected chi connectivity index (χ1v) is 5.10. The lowest BCUT2D eigenvalue weighted by atomic mass is 10.1. The number of ketones is 1. The number of rotatable bonds is 4. The molecule has 1 atom stereocenters. The molecule has 0 radical (unpaired) electrons. The zero-order chi connectivity index (χ0) is 11.4. The number of carbonyl (C=O) groups is 1. The molecule has 0 saturated carbocycles. The smallest absolute Gasteiger partial charge is 0.184 e. The second-order valence-electron chi connectivity index (χ2n) is 3.03. The Kier molecular flexibility index (Phi) is 4.38. The quantitative estimate of drug-likeness (QED) is 0.852. The standard InChI is InChI=1S/C10H11BrFNO2/c1-15-5-8(13)10(14)6-3-2-4-7(11)9(6)12/h2-4,8H,5,13H2,1H3. The molecule has 3 nitrogen and oxygen atoms in total. The molecule has 0 saturated heterocycles. The fourth-order valence-electron chi connectivity index (χ4n) is 1.15. The summed E-state index contributed by atoms with van der Waals surface area (Å²) in [4.78, 5) is 11.6. The first-order valence-electron chi connectivity index (χ1n) is 4.30. The molecule has 5 heteroatoms. The van der Waals surface area contributed by atoms with Crippen LogP contribution < -0.4 is 5.73 Å². The highest BCUT2D eigenvalue weighted by molar-refractivity contribution is 9.10. The Balaban J connectivity index is 2.96. The highest BCUT2D eigenvalue weighted by atomic mass is 79.9. The third kappa shape index (κ3) is 2.84. The molecule has 1 aromatic carbocycles. The molecule has 0 amide bonds. The van der Waals surface area contributed by atoms with Gasteiger partial charge in [-0.1, -0.05) is 6.07 Å². The van der Waals surface area contributed by atoms with E-state index in [9.17, 15) is 9.18 Å². The van der Waals surface area contributed by atoms with E-state index in [1.54, 1.807) is 6.07 Å². The Morgan fingerprint density at radius 1 is 1.67 bits per heavy atom. The van der Waals surface area contributed by atoms with Gasteiger partial charge < -0.3 is 10.5 Å². The predicted octanol–water partition coefficient (Wildman–Crippen LogP) is 1.74. The number of ether oxygens (including phenoxy) is 1. The van der Waals surface area contributed by atoms with Crippen LogP contribution in [0.15, 0.2) is 22.7 Å². The van der Waals surface area contributed by atoms with E-state index in [4.69, 9.17) is 10.5 Å². The zero-order valence-corrected chi connectivity index (χ0v) is 9.75. The molecule has 0 aliphatic rings. The Labute approximate surface area is 95.5 Å². The van der Waals surface area contributed by atoms with Gasteiger partial charge in [0.25, 0.3) is 0 Å². The largest absolute Gasteiger partial charge is 0.383 e. The maximum Gasteiger partial charge on any atom is 0.184 e. The van der Waals surface area contributed by atoms with Crippen molar-refractivity contribution in [1.82, 2.24) is 0 Å². The van der Waals surface area contributed by atoms with Crippen LogP contribution in [0.1, 0.15) is 10.4 Å². The molecule has 15 heavy (non-hydrogen) atoms. The Hall–Kier alpha value is -0.780. The number of hydrogen-bond donors (Lipinski definition) is 1. The number of methoxy groups -OCH3 is 1. The third-order valence-electron chi connectivity index (χ3n) is 1.90. The van der Waals surface area contributed by atoms with Crippen LogP contribution in [-0.4, -0.2) is 25.5 Å². The topological polar surface area (TPSA) is 52.3 Å². The highest BCUT2D eigenvalue weighted by Crippen LogP contribution is 2.19. The first kappa shape index (κ1) is 12.3. The van der Waals surface area contributed by atoms with Gasteiger partial charge in [-0.25, -0.2) is 4.39 Å². The van der Waals surface area contributed by atoms with Crippen molar-refractivity contribution in [2.75, 3.05) is 13.7 Å². The summed E-state index contributed by atoms with van der Waals surface area (Å²) in [7, 11) is 1.43. The number of carbonyl (C=O) groups excluding carboxylic acids is 1. The van der Waals surface area contributed by atoms with Gasteiger partial charge in [0.05, 0.1) is 22.7 Å². The Bertz CT molecular complexity index is 370. The van der Waals surface area contributed by atoms with Gasteiger partial charge >= 0.3 is 0 Å². The van der Waals surface area contributed by atoms with Crippen molar-refractivity contribution in [3.8, 4) is 0 Å². The molecular formula is C10H11BrFNO2. The van der Waals surface area contributed by atoms with Crippen LogP contribution in [0.4, 0.5) is 4.39 Å². The lowest BCUT2D eigenvalue weighted by Crippen LogP contribution is -2.35. The van der Waals surface area contributed by atoms with E-state index in [0.29, 0.717) is 0 Å². The zero-order valence-electron chi connectivity index (χ0n) is 8.17. The van der Waals surface area contributed by atoms with Crippen LogP contribution >= 0.6 is 15.9 Å². The van der Waals surface area contributed by atoms with Crippen molar-refractivity contribution in [3.05, 3.63) is 34.1 Å². The molecule has 0 fully saturated rings. The molecule has 2 N–H and O–H groups in total. The molecule has 0 spiro atoms. The molecule has 1 aromatic rings. The molecular weight excluding hydrogens is 265 g/mol. The fraction of sp³-hybridized carbons (Fsp3) is 0.300. The van der Waals surface area contributed by atoms with E-state index in [-0.39, 0.29) is 16.6 Å². The van der Waals surface area contributed by atoms with Gasteiger partial charge in [0.2, 0.25) is 0 Å². The summed E-state index contributed by atoms with van der Waals surface area (Å²) in [6.45, 7) is 0.0742. The molecule has 1 unspecified atom stereocenters. The second-order valence-corrected chi connectivity index (χ2v) is 3.88. The van der Waals surface area contributed by atoms with Crippen LogP contribution in [-0.2, 0) is 4.74 Å². The lowest BCUT2D eigenvalue weighted by Gasteiger charge is -2.10. The summed E-state index contributed by atoms with van der Waals surface area (Å²) in [5.41, 5.74) is 5.50. The van der Waals surface area contributed by atoms with E-state index in [1.807, 2.05) is 0 Å². The second kappa shape index (κ2) is 5.34. The van der Waals surface area contributed by atoms with E-state index in [0.717, 1.165) is 0 Å². The summed E-state index contributed by atoms with van der Waals surface area (Å²) in [6, 6.07) is 3.67. The van der Waals surface area contributed by atoms with Gasteiger partial charge in [-0.15, -0.1) is 0 Å². The van der Waals surface area contributed by atoms with Crippen LogP contribution in [0.25, 0.3) is 0 Å². The van der Waals surface area contributed by atoms with Gasteiger partial charge in [-0.2, -0.15) is 0 Å². The van der Waals surface area contributed by atoms with Gasteiger partial charge in [-0.05, 0) is 28.1 Å². The van der Waals surface area contributed by atoms with Crippen molar-refractivity contribution in [3.63, 3.8) is 0 Å². The number of halogens is 2. The molecule has 82 valence electrons. The first-order chi connectivity index (χ1) is 7.07. The lowest BCUT2D eigenvalue weighted by molar-refractivity contribution is 0.0888. The number of hydrogen-bond acceptors (Lipinski definition) is 3. The van der Waals surface area contributed by atoms with Gasteiger partial charge in [-0.3, -0.25) is 4.79 Å². The van der Waals surface area contributed by atoms with E-state index in [2.05, 4.69) is 15.9 Å². The van der Waals surface area contributed by atoms with Gasteiger partial charge in [0.15, 0.2) is 5.78 Å². The minimum atomic E-state index is -0.834. The normalized spacial score (nSPS) is 12.5. The third-order valence-corrected chi connectivity index (χ3v) is 2.51. The summed E-state index contributed by atoms with van der Waals surface area (Å²) < 4.78 is 18.5.